The molecular formula is C24H23N3O3. The summed E-state index contributed by atoms with van der Waals surface area (Å²) in [6.45, 7) is 0.830. The number of carbonyl (C=O) groups excluding carboxylic acids is 1. The first-order valence-electron chi connectivity index (χ1n) is 9.93. The van der Waals surface area contributed by atoms with Crippen molar-refractivity contribution < 1.29 is 9.21 Å². The van der Waals surface area contributed by atoms with Gasteiger partial charge in [-0.25, -0.2) is 4.98 Å². The molecule has 0 saturated carbocycles. The van der Waals surface area contributed by atoms with Gasteiger partial charge in [0.2, 0.25) is 5.43 Å². The predicted octanol–water partition coefficient (Wildman–Crippen LogP) is 3.80. The van der Waals surface area contributed by atoms with Crippen LogP contribution in [-0.2, 0) is 20.0 Å². The zero-order valence-corrected chi connectivity index (χ0v) is 16.8. The maximum Gasteiger partial charge on any atom is 0.261 e. The maximum atomic E-state index is 13.3. The summed E-state index contributed by atoms with van der Waals surface area (Å²) < 4.78 is 7.43. The monoisotopic (exact) mass is 401 g/mol. The van der Waals surface area contributed by atoms with E-state index in [0.717, 1.165) is 18.7 Å². The fourth-order valence-electron chi connectivity index (χ4n) is 3.49. The van der Waals surface area contributed by atoms with Crippen molar-refractivity contribution >= 4 is 16.9 Å². The van der Waals surface area contributed by atoms with Crippen LogP contribution in [-0.4, -0.2) is 26.9 Å². The van der Waals surface area contributed by atoms with E-state index in [9.17, 15) is 9.59 Å². The molecule has 0 N–H and O–H groups in total. The average molecular weight is 401 g/mol. The Balaban J connectivity index is 1.59. The normalized spacial score (nSPS) is 11.0. The van der Waals surface area contributed by atoms with Crippen molar-refractivity contribution in [1.29, 1.82) is 0 Å². The summed E-state index contributed by atoms with van der Waals surface area (Å²) in [7, 11) is 1.89. The SMILES string of the molecule is Cn1ccnc1CN(CCCc1ccccc1)C(=O)c1coc2ccccc2c1=O. The van der Waals surface area contributed by atoms with E-state index in [0.29, 0.717) is 24.1 Å². The van der Waals surface area contributed by atoms with E-state index in [2.05, 4.69) is 17.1 Å². The van der Waals surface area contributed by atoms with E-state index in [1.54, 1.807) is 35.4 Å². The van der Waals surface area contributed by atoms with Crippen molar-refractivity contribution in [3.05, 3.63) is 100 Å². The molecule has 4 rings (SSSR count). The minimum Gasteiger partial charge on any atom is -0.463 e. The largest absolute Gasteiger partial charge is 0.463 e. The number of aryl methyl sites for hydroxylation is 2. The van der Waals surface area contributed by atoms with Gasteiger partial charge in [-0.15, -0.1) is 0 Å². The number of nitrogens with zero attached hydrogens (tertiary/aromatic N) is 3. The summed E-state index contributed by atoms with van der Waals surface area (Å²) in [5.41, 5.74) is 1.42. The molecule has 2 heterocycles. The molecule has 0 radical (unpaired) electrons. The van der Waals surface area contributed by atoms with Crippen LogP contribution in [0.3, 0.4) is 0 Å². The molecule has 0 aliphatic rings. The standard InChI is InChI=1S/C24H23N3O3/c1-26-15-13-25-22(26)16-27(14-7-10-18-8-3-2-4-9-18)24(29)20-17-30-21-12-6-5-11-19(21)23(20)28/h2-6,8-9,11-13,15,17H,7,10,14,16H2,1H3. The van der Waals surface area contributed by atoms with Crippen molar-refractivity contribution in [2.24, 2.45) is 7.05 Å². The highest BCUT2D eigenvalue weighted by Gasteiger charge is 2.22. The Morgan fingerprint density at radius 1 is 1.10 bits per heavy atom. The van der Waals surface area contributed by atoms with Crippen LogP contribution in [0.1, 0.15) is 28.2 Å². The van der Waals surface area contributed by atoms with Gasteiger partial charge >= 0.3 is 0 Å². The van der Waals surface area contributed by atoms with Gasteiger partial charge in [0.15, 0.2) is 0 Å². The van der Waals surface area contributed by atoms with Gasteiger partial charge < -0.3 is 13.9 Å². The minimum atomic E-state index is -0.342. The Kier molecular flexibility index (Phi) is 5.75. The molecule has 6 nitrogen and oxygen atoms in total. The Labute approximate surface area is 174 Å². The summed E-state index contributed by atoms with van der Waals surface area (Å²) in [6, 6.07) is 17.1. The van der Waals surface area contributed by atoms with Crippen LogP contribution >= 0.6 is 0 Å². The number of fused-ring (bicyclic) bond motifs is 1. The number of aromatic nitrogens is 2. The fourth-order valence-corrected chi connectivity index (χ4v) is 3.49. The highest BCUT2D eigenvalue weighted by Crippen LogP contribution is 2.14. The topological polar surface area (TPSA) is 68.3 Å². The van der Waals surface area contributed by atoms with Crippen LogP contribution in [0.2, 0.25) is 0 Å². The van der Waals surface area contributed by atoms with E-state index in [1.165, 1.54) is 11.8 Å². The van der Waals surface area contributed by atoms with Crippen LogP contribution < -0.4 is 5.43 Å². The molecule has 0 bridgehead atoms. The molecule has 2 aromatic heterocycles. The molecule has 152 valence electrons. The zero-order valence-electron chi connectivity index (χ0n) is 16.8. The van der Waals surface area contributed by atoms with Crippen LogP contribution in [0.25, 0.3) is 11.0 Å². The van der Waals surface area contributed by atoms with Crippen molar-refractivity contribution in [3.63, 3.8) is 0 Å². The lowest BCUT2D eigenvalue weighted by Gasteiger charge is -2.22. The van der Waals surface area contributed by atoms with Gasteiger partial charge in [-0.3, -0.25) is 9.59 Å². The maximum absolute atomic E-state index is 13.3. The molecule has 0 aliphatic carbocycles. The quantitative estimate of drug-likeness (QED) is 0.472. The van der Waals surface area contributed by atoms with Crippen molar-refractivity contribution in [1.82, 2.24) is 14.5 Å². The summed E-state index contributed by atoms with van der Waals surface area (Å²) in [5.74, 6) is 0.416. The number of benzene rings is 2. The van der Waals surface area contributed by atoms with Crippen LogP contribution in [0.4, 0.5) is 0 Å². The van der Waals surface area contributed by atoms with E-state index >= 15 is 0 Å². The van der Waals surface area contributed by atoms with Gasteiger partial charge in [-0.1, -0.05) is 42.5 Å². The molecule has 4 aromatic rings. The number of hydrogen-bond donors (Lipinski definition) is 0. The number of para-hydroxylation sites is 1. The van der Waals surface area contributed by atoms with Gasteiger partial charge in [0, 0.05) is 26.0 Å². The van der Waals surface area contributed by atoms with Gasteiger partial charge in [0.1, 0.15) is 23.2 Å². The second-order valence-corrected chi connectivity index (χ2v) is 7.24. The Bertz CT molecular complexity index is 1210. The Morgan fingerprint density at radius 3 is 2.63 bits per heavy atom. The fraction of sp³-hybridized carbons (Fsp3) is 0.208. The molecule has 0 aliphatic heterocycles. The number of carbonyl (C=O) groups is 1. The van der Waals surface area contributed by atoms with Gasteiger partial charge in [0.05, 0.1) is 11.9 Å². The summed E-state index contributed by atoms with van der Waals surface area (Å²) in [4.78, 5) is 32.2. The number of imidazole rings is 1. The van der Waals surface area contributed by atoms with Gasteiger partial charge in [-0.05, 0) is 30.5 Å². The van der Waals surface area contributed by atoms with E-state index in [-0.39, 0.29) is 16.9 Å². The van der Waals surface area contributed by atoms with Gasteiger partial charge in [-0.2, -0.15) is 0 Å². The molecule has 1 amide bonds. The van der Waals surface area contributed by atoms with Crippen LogP contribution in [0, 0.1) is 0 Å². The Hall–Kier alpha value is -3.67. The molecular weight excluding hydrogens is 378 g/mol. The smallest absolute Gasteiger partial charge is 0.261 e. The number of hydrogen-bond acceptors (Lipinski definition) is 4. The van der Waals surface area contributed by atoms with E-state index in [1.807, 2.05) is 36.0 Å². The first-order valence-corrected chi connectivity index (χ1v) is 9.93. The van der Waals surface area contributed by atoms with Crippen molar-refractivity contribution in [3.8, 4) is 0 Å². The zero-order chi connectivity index (χ0) is 20.9. The van der Waals surface area contributed by atoms with Gasteiger partial charge in [0.25, 0.3) is 5.91 Å². The third-order valence-corrected chi connectivity index (χ3v) is 5.19. The third-order valence-electron chi connectivity index (χ3n) is 5.19. The predicted molar refractivity (Wildman–Crippen MR) is 115 cm³/mol. The van der Waals surface area contributed by atoms with E-state index < -0.39 is 0 Å². The molecule has 2 aromatic carbocycles. The van der Waals surface area contributed by atoms with Crippen molar-refractivity contribution in [2.75, 3.05) is 6.54 Å². The molecule has 6 heteroatoms. The molecule has 0 unspecified atom stereocenters. The second kappa shape index (κ2) is 8.78. The van der Waals surface area contributed by atoms with E-state index in [4.69, 9.17) is 4.42 Å². The lowest BCUT2D eigenvalue weighted by Crippen LogP contribution is -2.35. The Morgan fingerprint density at radius 2 is 1.87 bits per heavy atom. The second-order valence-electron chi connectivity index (χ2n) is 7.24. The molecule has 0 spiro atoms. The lowest BCUT2D eigenvalue weighted by molar-refractivity contribution is 0.0732. The number of rotatable bonds is 7. The molecule has 30 heavy (non-hydrogen) atoms. The third kappa shape index (κ3) is 4.17. The molecule has 0 saturated heterocycles. The average Bonchev–Trinajstić information content (AvgIpc) is 3.18. The summed E-state index contributed by atoms with van der Waals surface area (Å²) in [6.07, 6.45) is 6.44. The highest BCUT2D eigenvalue weighted by molar-refractivity contribution is 5.96. The van der Waals surface area contributed by atoms with Crippen LogP contribution in [0.5, 0.6) is 0 Å². The van der Waals surface area contributed by atoms with Crippen molar-refractivity contribution in [2.45, 2.75) is 19.4 Å². The van der Waals surface area contributed by atoms with Crippen LogP contribution in [0.15, 0.2) is 82.5 Å². The summed E-state index contributed by atoms with van der Waals surface area (Å²) in [5, 5.41) is 0.407. The molecule has 0 atom stereocenters. The molecule has 0 fully saturated rings. The summed E-state index contributed by atoms with van der Waals surface area (Å²) >= 11 is 0. The minimum absolute atomic E-state index is 0.0441. The lowest BCUT2D eigenvalue weighted by atomic mass is 10.1. The first kappa shape index (κ1) is 19.6. The number of amides is 1. The highest BCUT2D eigenvalue weighted by atomic mass is 16.3. The first-order chi connectivity index (χ1) is 14.6.